The van der Waals surface area contributed by atoms with E-state index >= 15 is 0 Å². The Bertz CT molecular complexity index is 494. The monoisotopic (exact) mass is 295 g/mol. The van der Waals surface area contributed by atoms with Crippen LogP contribution in [0.2, 0.25) is 5.02 Å². The van der Waals surface area contributed by atoms with E-state index in [1.165, 1.54) is 6.07 Å². The standard InChI is InChI=1S/C15H19ClFN3/c1-3-11-10-19(2)7-8-20(11)14(9-18)15-12(16)5-4-6-13(15)17/h4-6,11,14H,3,7-8,10H2,1-2H3. The van der Waals surface area contributed by atoms with Crippen LogP contribution in [0.15, 0.2) is 18.2 Å². The number of hydrogen-bond acceptors (Lipinski definition) is 3. The first kappa shape index (κ1) is 15.2. The molecule has 0 saturated carbocycles. The molecule has 0 amide bonds. The summed E-state index contributed by atoms with van der Waals surface area (Å²) in [6.07, 6.45) is 0.925. The topological polar surface area (TPSA) is 30.3 Å². The molecule has 1 heterocycles. The quantitative estimate of drug-likeness (QED) is 0.858. The molecule has 1 aromatic rings. The number of benzene rings is 1. The summed E-state index contributed by atoms with van der Waals surface area (Å²) < 4.78 is 14.1. The molecule has 0 radical (unpaired) electrons. The highest BCUT2D eigenvalue weighted by molar-refractivity contribution is 6.31. The molecule has 1 saturated heterocycles. The third-order valence-electron chi connectivity index (χ3n) is 3.93. The van der Waals surface area contributed by atoms with Gasteiger partial charge in [0.05, 0.1) is 6.07 Å². The van der Waals surface area contributed by atoms with E-state index < -0.39 is 11.9 Å². The molecule has 0 spiro atoms. The molecule has 1 aliphatic rings. The second kappa shape index (κ2) is 6.53. The SMILES string of the molecule is CCC1CN(C)CCN1C(C#N)c1c(F)cccc1Cl. The van der Waals surface area contributed by atoms with Gasteiger partial charge < -0.3 is 4.90 Å². The summed E-state index contributed by atoms with van der Waals surface area (Å²) in [7, 11) is 2.07. The van der Waals surface area contributed by atoms with Crippen molar-refractivity contribution in [1.82, 2.24) is 9.80 Å². The summed E-state index contributed by atoms with van der Waals surface area (Å²) in [5.41, 5.74) is 0.305. The molecule has 0 bridgehead atoms. The number of likely N-dealkylation sites (N-methyl/N-ethyl adjacent to an activating group) is 1. The van der Waals surface area contributed by atoms with Crippen LogP contribution in [0.25, 0.3) is 0 Å². The van der Waals surface area contributed by atoms with E-state index in [4.69, 9.17) is 11.6 Å². The van der Waals surface area contributed by atoms with Crippen molar-refractivity contribution in [2.24, 2.45) is 0 Å². The molecular formula is C15H19ClFN3. The van der Waals surface area contributed by atoms with E-state index in [0.717, 1.165) is 26.1 Å². The van der Waals surface area contributed by atoms with Gasteiger partial charge in [0.2, 0.25) is 0 Å². The zero-order valence-corrected chi connectivity index (χ0v) is 12.6. The van der Waals surface area contributed by atoms with Crippen LogP contribution in [0.3, 0.4) is 0 Å². The summed E-state index contributed by atoms with van der Waals surface area (Å²) in [6.45, 7) is 4.60. The highest BCUT2D eigenvalue weighted by atomic mass is 35.5. The van der Waals surface area contributed by atoms with Gasteiger partial charge >= 0.3 is 0 Å². The molecule has 5 heteroatoms. The smallest absolute Gasteiger partial charge is 0.130 e. The van der Waals surface area contributed by atoms with Gasteiger partial charge in [-0.25, -0.2) is 4.39 Å². The summed E-state index contributed by atoms with van der Waals surface area (Å²) in [4.78, 5) is 4.31. The van der Waals surface area contributed by atoms with Gasteiger partial charge in [-0.3, -0.25) is 4.90 Å². The van der Waals surface area contributed by atoms with Crippen molar-refractivity contribution >= 4 is 11.6 Å². The molecule has 0 N–H and O–H groups in total. The molecule has 0 aliphatic carbocycles. The fourth-order valence-electron chi connectivity index (χ4n) is 2.80. The van der Waals surface area contributed by atoms with Gasteiger partial charge in [-0.05, 0) is 25.6 Å². The van der Waals surface area contributed by atoms with Gasteiger partial charge in [0.15, 0.2) is 0 Å². The second-order valence-corrected chi connectivity index (χ2v) is 5.64. The van der Waals surface area contributed by atoms with Crippen molar-refractivity contribution in [3.63, 3.8) is 0 Å². The molecular weight excluding hydrogens is 277 g/mol. The summed E-state index contributed by atoms with van der Waals surface area (Å²) >= 11 is 6.11. The Morgan fingerprint density at radius 1 is 1.50 bits per heavy atom. The maximum absolute atomic E-state index is 14.1. The van der Waals surface area contributed by atoms with Crippen LogP contribution < -0.4 is 0 Å². The van der Waals surface area contributed by atoms with Gasteiger partial charge in [0.1, 0.15) is 11.9 Å². The number of nitriles is 1. The highest BCUT2D eigenvalue weighted by Crippen LogP contribution is 2.32. The lowest BCUT2D eigenvalue weighted by Crippen LogP contribution is -2.52. The van der Waals surface area contributed by atoms with E-state index in [1.807, 2.05) is 0 Å². The summed E-state index contributed by atoms with van der Waals surface area (Å²) in [5.74, 6) is -0.405. The average molecular weight is 296 g/mol. The zero-order valence-electron chi connectivity index (χ0n) is 11.8. The van der Waals surface area contributed by atoms with Crippen LogP contribution in [-0.2, 0) is 0 Å². The Balaban J connectivity index is 2.35. The molecule has 3 nitrogen and oxygen atoms in total. The lowest BCUT2D eigenvalue weighted by molar-refractivity contribution is 0.0665. The number of hydrogen-bond donors (Lipinski definition) is 0. The van der Waals surface area contributed by atoms with Crippen molar-refractivity contribution in [1.29, 1.82) is 5.26 Å². The maximum Gasteiger partial charge on any atom is 0.130 e. The maximum atomic E-state index is 14.1. The second-order valence-electron chi connectivity index (χ2n) is 5.23. The van der Waals surface area contributed by atoms with E-state index in [1.54, 1.807) is 12.1 Å². The Labute approximate surface area is 124 Å². The Kier molecular flexibility index (Phi) is 4.98. The molecule has 108 valence electrons. The lowest BCUT2D eigenvalue weighted by atomic mass is 10.0. The van der Waals surface area contributed by atoms with Crippen molar-refractivity contribution in [3.8, 4) is 6.07 Å². The van der Waals surface area contributed by atoms with Gasteiger partial charge in [-0.1, -0.05) is 24.6 Å². The predicted molar refractivity (Wildman–Crippen MR) is 78.0 cm³/mol. The van der Waals surface area contributed by atoms with Crippen LogP contribution in [0, 0.1) is 17.1 Å². The van der Waals surface area contributed by atoms with Crippen molar-refractivity contribution in [3.05, 3.63) is 34.6 Å². The third-order valence-corrected chi connectivity index (χ3v) is 4.26. The Hall–Kier alpha value is -1.15. The molecule has 2 unspecified atom stereocenters. The van der Waals surface area contributed by atoms with Crippen LogP contribution >= 0.6 is 11.6 Å². The Morgan fingerprint density at radius 3 is 2.85 bits per heavy atom. The first-order valence-electron chi connectivity index (χ1n) is 6.86. The predicted octanol–water partition coefficient (Wildman–Crippen LogP) is 3.07. The van der Waals surface area contributed by atoms with Crippen LogP contribution in [0.1, 0.15) is 24.9 Å². The van der Waals surface area contributed by atoms with Gasteiger partial charge in [0.25, 0.3) is 0 Å². The lowest BCUT2D eigenvalue weighted by Gasteiger charge is -2.42. The fourth-order valence-corrected chi connectivity index (χ4v) is 3.07. The van der Waals surface area contributed by atoms with Gasteiger partial charge in [0, 0.05) is 36.3 Å². The van der Waals surface area contributed by atoms with E-state index in [9.17, 15) is 9.65 Å². The minimum absolute atomic E-state index is 0.245. The van der Waals surface area contributed by atoms with Gasteiger partial charge in [-0.15, -0.1) is 0 Å². The molecule has 2 rings (SSSR count). The summed E-state index contributed by atoms with van der Waals surface area (Å²) in [5, 5.41) is 9.85. The molecule has 1 aromatic carbocycles. The van der Waals surface area contributed by atoms with E-state index in [0.29, 0.717) is 10.6 Å². The summed E-state index contributed by atoms with van der Waals surface area (Å²) in [6, 6.07) is 6.42. The third kappa shape index (κ3) is 2.95. The minimum atomic E-state index is -0.623. The first-order valence-corrected chi connectivity index (χ1v) is 7.24. The number of rotatable bonds is 3. The van der Waals surface area contributed by atoms with E-state index in [2.05, 4.69) is 29.8 Å². The van der Waals surface area contributed by atoms with Gasteiger partial charge in [-0.2, -0.15) is 5.26 Å². The number of piperazine rings is 1. The molecule has 1 fully saturated rings. The molecule has 0 aromatic heterocycles. The largest absolute Gasteiger partial charge is 0.304 e. The van der Waals surface area contributed by atoms with Crippen LogP contribution in [-0.4, -0.2) is 42.5 Å². The molecule has 20 heavy (non-hydrogen) atoms. The van der Waals surface area contributed by atoms with Crippen molar-refractivity contribution in [2.75, 3.05) is 26.7 Å². The fraction of sp³-hybridized carbons (Fsp3) is 0.533. The van der Waals surface area contributed by atoms with E-state index in [-0.39, 0.29) is 6.04 Å². The average Bonchev–Trinajstić information content (AvgIpc) is 2.43. The highest BCUT2D eigenvalue weighted by Gasteiger charge is 2.33. The van der Waals surface area contributed by atoms with Crippen LogP contribution in [0.4, 0.5) is 4.39 Å². The number of halogens is 2. The first-order chi connectivity index (χ1) is 9.58. The van der Waals surface area contributed by atoms with Crippen molar-refractivity contribution < 1.29 is 4.39 Å². The molecule has 1 aliphatic heterocycles. The normalized spacial score (nSPS) is 22.4. The van der Waals surface area contributed by atoms with Crippen LogP contribution in [0.5, 0.6) is 0 Å². The minimum Gasteiger partial charge on any atom is -0.304 e. The zero-order chi connectivity index (χ0) is 14.7. The van der Waals surface area contributed by atoms with Crippen molar-refractivity contribution in [2.45, 2.75) is 25.4 Å². The molecule has 2 atom stereocenters. The Morgan fingerprint density at radius 2 is 2.25 bits per heavy atom. The number of nitrogens with zero attached hydrogens (tertiary/aromatic N) is 3.